The number of methoxy groups -OCH3 is 2. The zero-order valence-electron chi connectivity index (χ0n) is 11.5. The van der Waals surface area contributed by atoms with Gasteiger partial charge in [0.2, 0.25) is 0 Å². The molecule has 3 nitrogen and oxygen atoms in total. The van der Waals surface area contributed by atoms with Gasteiger partial charge in [0, 0.05) is 6.54 Å². The molecule has 0 fully saturated rings. The molecule has 0 radical (unpaired) electrons. The summed E-state index contributed by atoms with van der Waals surface area (Å²) in [6.45, 7) is 0.247. The van der Waals surface area contributed by atoms with Gasteiger partial charge in [-0.2, -0.15) is 0 Å². The molecule has 0 saturated heterocycles. The Labute approximate surface area is 130 Å². The third-order valence-electron chi connectivity index (χ3n) is 2.93. The molecule has 0 saturated carbocycles. The lowest BCUT2D eigenvalue weighted by Gasteiger charge is -2.13. The summed E-state index contributed by atoms with van der Waals surface area (Å²) in [4.78, 5) is 0. The van der Waals surface area contributed by atoms with Gasteiger partial charge in [0.25, 0.3) is 0 Å². The van der Waals surface area contributed by atoms with Crippen LogP contribution < -0.4 is 14.8 Å². The Morgan fingerprint density at radius 3 is 2.33 bits per heavy atom. The molecule has 2 aromatic rings. The van der Waals surface area contributed by atoms with E-state index in [0.717, 1.165) is 5.56 Å². The van der Waals surface area contributed by atoms with E-state index in [1.54, 1.807) is 12.1 Å². The molecule has 0 aliphatic rings. The summed E-state index contributed by atoms with van der Waals surface area (Å²) in [7, 11) is 3.06. The third kappa shape index (κ3) is 3.44. The summed E-state index contributed by atoms with van der Waals surface area (Å²) in [6, 6.07) is 7.27. The van der Waals surface area contributed by atoms with E-state index in [1.165, 1.54) is 32.4 Å². The maximum atomic E-state index is 13.5. The lowest BCUT2D eigenvalue weighted by atomic mass is 10.2. The minimum atomic E-state index is -0.630. The highest BCUT2D eigenvalue weighted by atomic mass is 79.9. The number of nitrogens with one attached hydrogen (secondary N) is 1. The topological polar surface area (TPSA) is 30.5 Å². The van der Waals surface area contributed by atoms with Crippen LogP contribution in [-0.4, -0.2) is 14.2 Å². The maximum absolute atomic E-state index is 13.5. The van der Waals surface area contributed by atoms with Crippen molar-refractivity contribution in [3.8, 4) is 11.5 Å². The van der Waals surface area contributed by atoms with E-state index in [9.17, 15) is 8.78 Å². The van der Waals surface area contributed by atoms with Crippen molar-refractivity contribution in [1.82, 2.24) is 0 Å². The van der Waals surface area contributed by atoms with Crippen molar-refractivity contribution in [2.24, 2.45) is 0 Å². The van der Waals surface area contributed by atoms with Crippen LogP contribution in [0.1, 0.15) is 5.56 Å². The van der Waals surface area contributed by atoms with Gasteiger partial charge < -0.3 is 14.8 Å². The van der Waals surface area contributed by atoms with E-state index in [0.29, 0.717) is 16.0 Å². The van der Waals surface area contributed by atoms with E-state index >= 15 is 0 Å². The highest BCUT2D eigenvalue weighted by Crippen LogP contribution is 2.36. The monoisotopic (exact) mass is 357 g/mol. The molecule has 0 aliphatic heterocycles. The molecule has 0 atom stereocenters. The fraction of sp³-hybridized carbons (Fsp3) is 0.200. The van der Waals surface area contributed by atoms with E-state index in [-0.39, 0.29) is 12.2 Å². The molecule has 0 aliphatic carbocycles. The molecule has 112 valence electrons. The van der Waals surface area contributed by atoms with Crippen molar-refractivity contribution in [2.45, 2.75) is 6.54 Å². The van der Waals surface area contributed by atoms with Crippen LogP contribution in [0, 0.1) is 11.6 Å². The van der Waals surface area contributed by atoms with E-state index in [4.69, 9.17) is 9.47 Å². The van der Waals surface area contributed by atoms with Crippen molar-refractivity contribution >= 4 is 21.6 Å². The molecular formula is C15H14BrF2NO2. The normalized spacial score (nSPS) is 10.3. The number of ether oxygens (including phenoxy) is 2. The van der Waals surface area contributed by atoms with Gasteiger partial charge in [0.15, 0.2) is 11.5 Å². The first kappa shape index (κ1) is 15.6. The van der Waals surface area contributed by atoms with Crippen LogP contribution >= 0.6 is 15.9 Å². The fourth-order valence-corrected chi connectivity index (χ4v) is 2.58. The van der Waals surface area contributed by atoms with Crippen LogP contribution in [0.15, 0.2) is 34.8 Å². The molecule has 1 N–H and O–H groups in total. The van der Waals surface area contributed by atoms with Crippen molar-refractivity contribution in [1.29, 1.82) is 0 Å². The first-order valence-electron chi connectivity index (χ1n) is 6.15. The largest absolute Gasteiger partial charge is 0.493 e. The van der Waals surface area contributed by atoms with Crippen LogP contribution in [0.3, 0.4) is 0 Å². The summed E-state index contributed by atoms with van der Waals surface area (Å²) in [5, 5.41) is 2.75. The molecule has 2 rings (SSSR count). The van der Waals surface area contributed by atoms with Crippen molar-refractivity contribution in [3.63, 3.8) is 0 Å². The van der Waals surface area contributed by atoms with Crippen molar-refractivity contribution in [3.05, 3.63) is 52.0 Å². The van der Waals surface area contributed by atoms with Gasteiger partial charge in [-0.25, -0.2) is 8.78 Å². The Bertz CT molecular complexity index is 630. The zero-order chi connectivity index (χ0) is 15.4. The second kappa shape index (κ2) is 6.76. The van der Waals surface area contributed by atoms with Crippen molar-refractivity contribution < 1.29 is 18.3 Å². The molecule has 2 aromatic carbocycles. The van der Waals surface area contributed by atoms with Gasteiger partial charge in [0.1, 0.15) is 17.3 Å². The lowest BCUT2D eigenvalue weighted by molar-refractivity contribution is 0.352. The van der Waals surface area contributed by atoms with Crippen LogP contribution in [0.2, 0.25) is 0 Å². The summed E-state index contributed by atoms with van der Waals surface area (Å²) in [5.41, 5.74) is 0.644. The highest BCUT2D eigenvalue weighted by Gasteiger charge is 2.12. The smallest absolute Gasteiger partial charge is 0.174 e. The minimum absolute atomic E-state index is 0.150. The molecule has 0 heterocycles. The molecule has 0 bridgehead atoms. The molecule has 0 unspecified atom stereocenters. The second-order valence-electron chi connectivity index (χ2n) is 4.26. The molecular weight excluding hydrogens is 344 g/mol. The fourth-order valence-electron chi connectivity index (χ4n) is 1.93. The molecule has 21 heavy (non-hydrogen) atoms. The van der Waals surface area contributed by atoms with Gasteiger partial charge in [-0.3, -0.25) is 0 Å². The SMILES string of the molecule is COc1cc(CNc2c(F)cccc2F)cc(Br)c1OC. The Kier molecular flexibility index (Phi) is 5.01. The summed E-state index contributed by atoms with van der Waals surface area (Å²) >= 11 is 3.37. The van der Waals surface area contributed by atoms with Crippen LogP contribution in [0.4, 0.5) is 14.5 Å². The van der Waals surface area contributed by atoms with Gasteiger partial charge >= 0.3 is 0 Å². The standard InChI is InChI=1S/C15H14BrF2NO2/c1-20-13-7-9(6-10(16)15(13)21-2)8-19-14-11(17)4-3-5-12(14)18/h3-7,19H,8H2,1-2H3. The zero-order valence-corrected chi connectivity index (χ0v) is 13.1. The number of hydrogen-bond acceptors (Lipinski definition) is 3. The predicted octanol–water partition coefficient (Wildman–Crippen LogP) is 4.36. The first-order valence-corrected chi connectivity index (χ1v) is 6.94. The van der Waals surface area contributed by atoms with Crippen LogP contribution in [0.25, 0.3) is 0 Å². The van der Waals surface area contributed by atoms with Crippen LogP contribution in [-0.2, 0) is 6.54 Å². The molecule has 0 spiro atoms. The average molecular weight is 358 g/mol. The van der Waals surface area contributed by atoms with E-state index < -0.39 is 11.6 Å². The van der Waals surface area contributed by atoms with Gasteiger partial charge in [-0.1, -0.05) is 6.07 Å². The highest BCUT2D eigenvalue weighted by molar-refractivity contribution is 9.10. The summed E-state index contributed by atoms with van der Waals surface area (Å²) in [5.74, 6) is -0.153. The Hall–Kier alpha value is -1.82. The number of benzene rings is 2. The number of halogens is 3. The Morgan fingerprint density at radius 2 is 1.76 bits per heavy atom. The molecule has 0 amide bonds. The molecule has 0 aromatic heterocycles. The quantitative estimate of drug-likeness (QED) is 0.862. The number of anilines is 1. The first-order chi connectivity index (χ1) is 10.1. The maximum Gasteiger partial charge on any atom is 0.174 e. The summed E-state index contributed by atoms with van der Waals surface area (Å²) in [6.07, 6.45) is 0. The lowest BCUT2D eigenvalue weighted by Crippen LogP contribution is -2.04. The van der Waals surface area contributed by atoms with Gasteiger partial charge in [-0.05, 0) is 45.8 Å². The Morgan fingerprint density at radius 1 is 1.10 bits per heavy atom. The van der Waals surface area contributed by atoms with Crippen molar-refractivity contribution in [2.75, 3.05) is 19.5 Å². The average Bonchev–Trinajstić information content (AvgIpc) is 2.46. The van der Waals surface area contributed by atoms with Gasteiger partial charge in [-0.15, -0.1) is 0 Å². The minimum Gasteiger partial charge on any atom is -0.493 e. The Balaban J connectivity index is 2.23. The second-order valence-corrected chi connectivity index (χ2v) is 5.12. The summed E-state index contributed by atoms with van der Waals surface area (Å²) < 4.78 is 38.2. The van der Waals surface area contributed by atoms with E-state index in [1.807, 2.05) is 0 Å². The van der Waals surface area contributed by atoms with Crippen LogP contribution in [0.5, 0.6) is 11.5 Å². The number of hydrogen-bond donors (Lipinski definition) is 1. The third-order valence-corrected chi connectivity index (χ3v) is 3.51. The van der Waals surface area contributed by atoms with Gasteiger partial charge in [0.05, 0.1) is 18.7 Å². The molecule has 6 heteroatoms. The van der Waals surface area contributed by atoms with E-state index in [2.05, 4.69) is 21.2 Å². The predicted molar refractivity (Wildman–Crippen MR) is 80.9 cm³/mol. The number of para-hydroxylation sites is 1. The number of rotatable bonds is 5.